The van der Waals surface area contributed by atoms with Crippen LogP contribution in [0.2, 0.25) is 10.0 Å². The van der Waals surface area contributed by atoms with Gasteiger partial charge in [0.05, 0.1) is 34.7 Å². The number of allylic oxidation sites excluding steroid dienone is 2. The van der Waals surface area contributed by atoms with Gasteiger partial charge in [-0.1, -0.05) is 47.5 Å². The first-order valence-corrected chi connectivity index (χ1v) is 15.9. The number of phenols is 1. The number of carbonyl (C=O) groups excluding carboxylic acids is 2. The molecule has 9 atom stereocenters. The monoisotopic (exact) mass is 690 g/mol. The van der Waals surface area contributed by atoms with Gasteiger partial charge in [0.1, 0.15) is 24.9 Å². The summed E-state index contributed by atoms with van der Waals surface area (Å²) in [6, 6.07) is 4.60. The number of benzene rings is 2. The first-order chi connectivity index (χ1) is 22.2. The fourth-order valence-electron chi connectivity index (χ4n) is 6.97. The van der Waals surface area contributed by atoms with Gasteiger partial charge < -0.3 is 49.6 Å². The van der Waals surface area contributed by atoms with Crippen molar-refractivity contribution in [2.45, 2.75) is 74.8 Å². The molecule has 7 aliphatic rings. The molecule has 2 aromatic rings. The Hall–Kier alpha value is -3.20. The van der Waals surface area contributed by atoms with Gasteiger partial charge >= 0.3 is 5.97 Å². The Morgan fingerprint density at radius 3 is 2.53 bits per heavy atom. The lowest BCUT2D eigenvalue weighted by atomic mass is 9.93. The molecule has 47 heavy (non-hydrogen) atoms. The van der Waals surface area contributed by atoms with E-state index >= 15 is 0 Å². The molecule has 2 aliphatic carbocycles. The Kier molecular flexibility index (Phi) is 9.09. The summed E-state index contributed by atoms with van der Waals surface area (Å²) < 4.78 is 24.7. The van der Waals surface area contributed by atoms with Crippen LogP contribution in [0.5, 0.6) is 11.5 Å². The normalized spacial score (nSPS) is 33.1. The summed E-state index contributed by atoms with van der Waals surface area (Å²) >= 11 is 13.7. The first kappa shape index (κ1) is 33.7. The second-order valence-electron chi connectivity index (χ2n) is 12.4. The lowest BCUT2D eigenvalue weighted by Crippen LogP contribution is -2.63. The maximum atomic E-state index is 12.8. The molecular weight excluding hydrogens is 655 g/mol. The second-order valence-corrected chi connectivity index (χ2v) is 13.2. The van der Waals surface area contributed by atoms with E-state index in [1.54, 1.807) is 56.3 Å². The lowest BCUT2D eigenvalue weighted by molar-refractivity contribution is -0.303. The van der Waals surface area contributed by atoms with Gasteiger partial charge in [0.2, 0.25) is 5.91 Å². The van der Waals surface area contributed by atoms with Gasteiger partial charge in [0.25, 0.3) is 0 Å². The number of nitrogens with zero attached hydrogens (tertiary/aromatic N) is 1. The van der Waals surface area contributed by atoms with Crippen molar-refractivity contribution in [3.05, 3.63) is 74.8 Å². The topological polar surface area (TPSA) is 167 Å². The number of aliphatic hydroxyl groups excluding tert-OH is 3. The minimum absolute atomic E-state index is 0.0307. The number of aromatic hydroxyl groups is 1. The van der Waals surface area contributed by atoms with Crippen molar-refractivity contribution in [3.8, 4) is 11.5 Å². The van der Waals surface area contributed by atoms with E-state index in [1.807, 2.05) is 0 Å². The highest BCUT2D eigenvalue weighted by atomic mass is 35.5. The number of hydrogen-bond acceptors (Lipinski definition) is 11. The highest BCUT2D eigenvalue weighted by molar-refractivity contribution is 6.34. The third-order valence-electron chi connectivity index (χ3n) is 9.08. The summed E-state index contributed by atoms with van der Waals surface area (Å²) in [5, 5.41) is 47.4. The molecule has 5 aliphatic heterocycles. The summed E-state index contributed by atoms with van der Waals surface area (Å²) in [5.74, 6) is -1.67. The van der Waals surface area contributed by atoms with Crippen LogP contribution >= 0.6 is 23.2 Å². The quantitative estimate of drug-likeness (QED) is 0.299. The van der Waals surface area contributed by atoms with Gasteiger partial charge in [-0.15, -0.1) is 0 Å². The van der Waals surface area contributed by atoms with Crippen LogP contribution in [0.3, 0.4) is 0 Å². The molecule has 12 nitrogen and oxygen atoms in total. The van der Waals surface area contributed by atoms with Crippen LogP contribution in [0, 0.1) is 0 Å². The Labute approximate surface area is 281 Å². The third kappa shape index (κ3) is 5.80. The second kappa shape index (κ2) is 12.7. The smallest absolute Gasteiger partial charge is 0.308 e. The molecule has 0 aromatic heterocycles. The molecule has 9 rings (SSSR count). The van der Waals surface area contributed by atoms with Gasteiger partial charge in [-0.2, -0.15) is 0 Å². The number of rotatable bonds is 4. The number of aliphatic hydroxyl groups is 3. The van der Waals surface area contributed by atoms with Gasteiger partial charge in [-0.05, 0) is 44.8 Å². The Balaban J connectivity index is 1.49. The van der Waals surface area contributed by atoms with Crippen LogP contribution in [-0.4, -0.2) is 94.1 Å². The van der Waals surface area contributed by atoms with Crippen molar-refractivity contribution in [3.63, 3.8) is 0 Å². The van der Waals surface area contributed by atoms with Crippen molar-refractivity contribution in [2.24, 2.45) is 0 Å². The van der Waals surface area contributed by atoms with E-state index in [0.29, 0.717) is 22.3 Å². The molecule has 0 saturated carbocycles. The number of halogens is 2. The van der Waals surface area contributed by atoms with E-state index < -0.39 is 73.0 Å². The molecule has 0 radical (unpaired) electrons. The number of amides is 1. The number of esters is 1. The molecule has 3 unspecified atom stereocenters. The average Bonchev–Trinajstić information content (AvgIpc) is 3.50. The van der Waals surface area contributed by atoms with Crippen LogP contribution in [0.1, 0.15) is 60.8 Å². The number of phenolic OH excluding ortho intramolecular Hbond substituents is 1. The van der Waals surface area contributed by atoms with E-state index in [0.717, 1.165) is 0 Å². The number of ether oxygens (including phenoxy) is 4. The van der Waals surface area contributed by atoms with E-state index in [9.17, 15) is 30.0 Å². The molecule has 2 aromatic carbocycles. The summed E-state index contributed by atoms with van der Waals surface area (Å²) in [6.07, 6.45) is -2.10. The predicted octanol–water partition coefficient (Wildman–Crippen LogP) is 3.10. The number of fused-ring (bicyclic) bond motifs is 1. The summed E-state index contributed by atoms with van der Waals surface area (Å²) in [4.78, 5) is 26.6. The van der Waals surface area contributed by atoms with Crippen LogP contribution in [-0.2, 0) is 23.8 Å². The molecule has 0 spiro atoms. The minimum Gasteiger partial charge on any atom is -0.504 e. The zero-order valence-corrected chi connectivity index (χ0v) is 27.5. The predicted molar refractivity (Wildman–Crippen MR) is 170 cm³/mol. The van der Waals surface area contributed by atoms with Crippen molar-refractivity contribution < 1.29 is 49.0 Å². The van der Waals surface area contributed by atoms with Gasteiger partial charge in [-0.25, -0.2) is 0 Å². The molecule has 252 valence electrons. The summed E-state index contributed by atoms with van der Waals surface area (Å²) in [6.45, 7) is 2.62. The minimum atomic E-state index is -1.51. The largest absolute Gasteiger partial charge is 0.504 e. The number of hydrogen-bond donors (Lipinski definition) is 5. The van der Waals surface area contributed by atoms with Crippen LogP contribution in [0.25, 0.3) is 5.57 Å². The Morgan fingerprint density at radius 2 is 1.85 bits per heavy atom. The van der Waals surface area contributed by atoms with Crippen LogP contribution in [0.15, 0.2) is 42.5 Å². The van der Waals surface area contributed by atoms with Crippen molar-refractivity contribution in [1.29, 1.82) is 0 Å². The van der Waals surface area contributed by atoms with Crippen molar-refractivity contribution in [2.75, 3.05) is 20.7 Å². The molecule has 14 heteroatoms. The van der Waals surface area contributed by atoms with Gasteiger partial charge in [-0.3, -0.25) is 9.59 Å². The summed E-state index contributed by atoms with van der Waals surface area (Å²) in [7, 11) is 3.54. The standard InChI is InChI=1S/C33H36Cl2N2O10/c1-14-27(37(3)4)28(42)29(43)32(45-14)47-33-9-5-6-19(33)25-18-8-7-17(26(25)35)23(40)13-44-24(41)12-21(36-15(2)38)16-10-20(34)30(22(39)11-16)46-31(18)33/h5-11,14,21,23,27-29,31-32,39-40,42-43H,12-13H2,1-4H3,(H,36,38)/t14?,21-,23-,27?,28-,29+,31-,32-,33?/m0/s1. The van der Waals surface area contributed by atoms with E-state index in [2.05, 4.69) is 5.32 Å². The highest BCUT2D eigenvalue weighted by Crippen LogP contribution is 2.59. The molecule has 5 heterocycles. The molecule has 1 amide bonds. The lowest BCUT2D eigenvalue weighted by Gasteiger charge is -2.46. The number of likely N-dealkylation sites (N-methyl/N-ethyl adjacent to an activating group) is 1. The zero-order chi connectivity index (χ0) is 33.9. The summed E-state index contributed by atoms with van der Waals surface area (Å²) in [5.41, 5.74) is 0.526. The van der Waals surface area contributed by atoms with E-state index in [1.165, 1.54) is 19.1 Å². The zero-order valence-electron chi connectivity index (χ0n) is 26.0. The SMILES string of the molecule is CC(=O)N[C@H]1CC(=O)OC[C@H](O)c2ccc3c(c2Cl)C2=CC=CC2(O[C@@H]2OC(C)C(N(C)C)[C@H](O)[C@H]2O)[C@H]3Oc2c(O)cc1cc2Cl. The Morgan fingerprint density at radius 1 is 1.13 bits per heavy atom. The fraction of sp³-hybridized carbons (Fsp3) is 0.455. The maximum absolute atomic E-state index is 12.8. The molecular formula is C33H36Cl2N2O10. The molecule has 1 saturated heterocycles. The fourth-order valence-corrected chi connectivity index (χ4v) is 7.63. The van der Waals surface area contributed by atoms with Crippen LogP contribution in [0.4, 0.5) is 0 Å². The first-order valence-electron chi connectivity index (χ1n) is 15.1. The third-order valence-corrected chi connectivity index (χ3v) is 9.77. The average molecular weight is 692 g/mol. The van der Waals surface area contributed by atoms with Gasteiger partial charge in [0.15, 0.2) is 29.5 Å². The number of nitrogens with one attached hydrogen (secondary N) is 1. The van der Waals surface area contributed by atoms with Gasteiger partial charge in [0, 0.05) is 29.2 Å². The molecule has 6 bridgehead atoms. The molecule has 5 N–H and O–H groups in total. The van der Waals surface area contributed by atoms with E-state index in [4.69, 9.17) is 42.1 Å². The number of carbonyl (C=O) groups is 2. The Bertz CT molecular complexity index is 1640. The highest BCUT2D eigenvalue weighted by Gasteiger charge is 2.58. The van der Waals surface area contributed by atoms with E-state index in [-0.39, 0.29) is 33.5 Å². The van der Waals surface area contributed by atoms with Crippen LogP contribution < -0.4 is 10.1 Å². The maximum Gasteiger partial charge on any atom is 0.308 e. The van der Waals surface area contributed by atoms with Crippen molar-refractivity contribution in [1.82, 2.24) is 10.2 Å². The van der Waals surface area contributed by atoms with Crippen molar-refractivity contribution >= 4 is 40.7 Å². The molecule has 1 fully saturated rings.